The van der Waals surface area contributed by atoms with Crippen molar-refractivity contribution in [1.29, 1.82) is 0 Å². The third-order valence-electron chi connectivity index (χ3n) is 2.81. The largest absolute Gasteiger partial charge is 0.372 e. The fraction of sp³-hybridized carbons (Fsp3) is 0.889. The van der Waals surface area contributed by atoms with Crippen LogP contribution in [0.2, 0.25) is 0 Å². The highest BCUT2D eigenvalue weighted by Crippen LogP contribution is 2.30. The molecule has 0 aromatic rings. The molecule has 1 aliphatic rings. The molecule has 1 unspecified atom stereocenters. The van der Waals surface area contributed by atoms with Gasteiger partial charge in [-0.1, -0.05) is 0 Å². The molecule has 0 radical (unpaired) electrons. The van der Waals surface area contributed by atoms with E-state index in [-0.39, 0.29) is 17.6 Å². The van der Waals surface area contributed by atoms with E-state index in [4.69, 9.17) is 10.5 Å². The molecule has 1 rings (SSSR count). The van der Waals surface area contributed by atoms with Crippen LogP contribution < -0.4 is 11.1 Å². The van der Waals surface area contributed by atoms with Gasteiger partial charge in [0.2, 0.25) is 5.91 Å². The first-order valence-electron chi connectivity index (χ1n) is 4.68. The maximum atomic E-state index is 11.4. The maximum Gasteiger partial charge on any atom is 0.249 e. The first-order chi connectivity index (χ1) is 6.13. The number of ether oxygens (including phenoxy) is 1. The SMILES string of the molecule is COC(C)C(=O)NC1(CN)CCC1. The number of nitrogens with one attached hydrogen (secondary N) is 1. The molecule has 0 bridgehead atoms. The molecule has 1 fully saturated rings. The van der Waals surface area contributed by atoms with E-state index in [1.54, 1.807) is 6.92 Å². The molecule has 1 aliphatic carbocycles. The topological polar surface area (TPSA) is 64.3 Å². The first-order valence-corrected chi connectivity index (χ1v) is 4.68. The zero-order chi connectivity index (χ0) is 9.90. The summed E-state index contributed by atoms with van der Waals surface area (Å²) in [5, 5.41) is 2.94. The minimum atomic E-state index is -0.385. The molecule has 1 atom stereocenters. The van der Waals surface area contributed by atoms with E-state index in [1.807, 2.05) is 0 Å². The van der Waals surface area contributed by atoms with Crippen LogP contribution in [0.1, 0.15) is 26.2 Å². The fourth-order valence-electron chi connectivity index (χ4n) is 1.45. The van der Waals surface area contributed by atoms with E-state index in [0.717, 1.165) is 19.3 Å². The highest BCUT2D eigenvalue weighted by molar-refractivity contribution is 5.81. The van der Waals surface area contributed by atoms with Crippen LogP contribution in [0.5, 0.6) is 0 Å². The molecule has 13 heavy (non-hydrogen) atoms. The Labute approximate surface area is 78.8 Å². The van der Waals surface area contributed by atoms with Gasteiger partial charge >= 0.3 is 0 Å². The Kier molecular flexibility index (Phi) is 3.27. The van der Waals surface area contributed by atoms with Crippen LogP contribution in [-0.2, 0) is 9.53 Å². The third-order valence-corrected chi connectivity index (χ3v) is 2.81. The van der Waals surface area contributed by atoms with E-state index in [2.05, 4.69) is 5.32 Å². The number of hydrogen-bond donors (Lipinski definition) is 2. The van der Waals surface area contributed by atoms with Crippen molar-refractivity contribution >= 4 is 5.91 Å². The van der Waals surface area contributed by atoms with Crippen molar-refractivity contribution in [3.05, 3.63) is 0 Å². The van der Waals surface area contributed by atoms with Crippen molar-refractivity contribution in [3.8, 4) is 0 Å². The lowest BCUT2D eigenvalue weighted by molar-refractivity contribution is -0.133. The molecular formula is C9H18N2O2. The molecule has 4 nitrogen and oxygen atoms in total. The number of hydrogen-bond acceptors (Lipinski definition) is 3. The molecule has 0 aromatic heterocycles. The average molecular weight is 186 g/mol. The standard InChI is InChI=1S/C9H18N2O2/c1-7(13-2)8(12)11-9(6-10)4-3-5-9/h7H,3-6,10H2,1-2H3,(H,11,12). The Morgan fingerprint density at radius 3 is 2.62 bits per heavy atom. The first kappa shape index (κ1) is 10.5. The second-order valence-electron chi connectivity index (χ2n) is 3.71. The molecule has 4 heteroatoms. The summed E-state index contributed by atoms with van der Waals surface area (Å²) in [4.78, 5) is 11.4. The van der Waals surface area contributed by atoms with E-state index in [9.17, 15) is 4.79 Å². The second kappa shape index (κ2) is 4.07. The monoisotopic (exact) mass is 186 g/mol. The Morgan fingerprint density at radius 2 is 2.31 bits per heavy atom. The Balaban J connectivity index is 2.42. The number of methoxy groups -OCH3 is 1. The van der Waals surface area contributed by atoms with Gasteiger partial charge < -0.3 is 15.8 Å². The summed E-state index contributed by atoms with van der Waals surface area (Å²) < 4.78 is 4.92. The number of carbonyl (C=O) groups excluding carboxylic acids is 1. The van der Waals surface area contributed by atoms with Crippen LogP contribution >= 0.6 is 0 Å². The highest BCUT2D eigenvalue weighted by atomic mass is 16.5. The van der Waals surface area contributed by atoms with Crippen molar-refractivity contribution in [1.82, 2.24) is 5.32 Å². The second-order valence-corrected chi connectivity index (χ2v) is 3.71. The highest BCUT2D eigenvalue weighted by Gasteiger charge is 2.37. The normalized spacial score (nSPS) is 21.8. The van der Waals surface area contributed by atoms with E-state index < -0.39 is 0 Å². The van der Waals surface area contributed by atoms with Crippen molar-refractivity contribution in [2.75, 3.05) is 13.7 Å². The summed E-state index contributed by atoms with van der Waals surface area (Å²) in [7, 11) is 1.53. The molecule has 0 saturated heterocycles. The van der Waals surface area contributed by atoms with Crippen LogP contribution in [0, 0.1) is 0 Å². The Bertz CT molecular complexity index is 185. The van der Waals surface area contributed by atoms with Crippen LogP contribution in [0.15, 0.2) is 0 Å². The molecule has 76 valence electrons. The van der Waals surface area contributed by atoms with Crippen LogP contribution in [0.3, 0.4) is 0 Å². The van der Waals surface area contributed by atoms with Gasteiger partial charge in [-0.3, -0.25) is 4.79 Å². The minimum Gasteiger partial charge on any atom is -0.372 e. The molecule has 3 N–H and O–H groups in total. The molecule has 0 heterocycles. The number of nitrogens with two attached hydrogens (primary N) is 1. The van der Waals surface area contributed by atoms with E-state index >= 15 is 0 Å². The average Bonchev–Trinajstić information content (AvgIpc) is 2.09. The van der Waals surface area contributed by atoms with Gasteiger partial charge in [-0.25, -0.2) is 0 Å². The molecule has 0 aliphatic heterocycles. The summed E-state index contributed by atoms with van der Waals surface area (Å²) in [5.41, 5.74) is 5.47. The molecule has 0 spiro atoms. The number of carbonyl (C=O) groups is 1. The van der Waals surface area contributed by atoms with E-state index in [0.29, 0.717) is 6.54 Å². The van der Waals surface area contributed by atoms with Gasteiger partial charge in [-0.15, -0.1) is 0 Å². The quantitative estimate of drug-likeness (QED) is 0.650. The molecule has 1 saturated carbocycles. The summed E-state index contributed by atoms with van der Waals surface area (Å²) >= 11 is 0. The lowest BCUT2D eigenvalue weighted by Gasteiger charge is -2.42. The zero-order valence-electron chi connectivity index (χ0n) is 8.30. The van der Waals surface area contributed by atoms with Gasteiger partial charge in [-0.2, -0.15) is 0 Å². The Morgan fingerprint density at radius 1 is 1.69 bits per heavy atom. The van der Waals surface area contributed by atoms with Crippen molar-refractivity contribution in [2.24, 2.45) is 5.73 Å². The maximum absolute atomic E-state index is 11.4. The Hall–Kier alpha value is -0.610. The van der Waals surface area contributed by atoms with Gasteiger partial charge in [0.15, 0.2) is 0 Å². The predicted octanol–water partition coefficient (Wildman–Crippen LogP) is 0.0189. The summed E-state index contributed by atoms with van der Waals surface area (Å²) in [6, 6.07) is 0. The van der Waals surface area contributed by atoms with Crippen LogP contribution in [0.25, 0.3) is 0 Å². The van der Waals surface area contributed by atoms with Crippen LogP contribution in [-0.4, -0.2) is 31.2 Å². The van der Waals surface area contributed by atoms with Gasteiger partial charge in [0.05, 0.1) is 5.54 Å². The summed E-state index contributed by atoms with van der Waals surface area (Å²) in [6.07, 6.45) is 2.75. The molecular weight excluding hydrogens is 168 g/mol. The molecule has 1 amide bonds. The summed E-state index contributed by atoms with van der Waals surface area (Å²) in [5.74, 6) is -0.0624. The lowest BCUT2D eigenvalue weighted by atomic mass is 9.76. The van der Waals surface area contributed by atoms with Gasteiger partial charge in [0.25, 0.3) is 0 Å². The smallest absolute Gasteiger partial charge is 0.249 e. The van der Waals surface area contributed by atoms with Gasteiger partial charge in [0, 0.05) is 13.7 Å². The zero-order valence-corrected chi connectivity index (χ0v) is 8.30. The van der Waals surface area contributed by atoms with Crippen molar-refractivity contribution in [3.63, 3.8) is 0 Å². The number of rotatable bonds is 4. The van der Waals surface area contributed by atoms with Crippen molar-refractivity contribution in [2.45, 2.75) is 37.8 Å². The van der Waals surface area contributed by atoms with Crippen molar-refractivity contribution < 1.29 is 9.53 Å². The fourth-order valence-corrected chi connectivity index (χ4v) is 1.45. The number of amides is 1. The van der Waals surface area contributed by atoms with Gasteiger partial charge in [0.1, 0.15) is 6.10 Å². The summed E-state index contributed by atoms with van der Waals surface area (Å²) in [6.45, 7) is 2.26. The van der Waals surface area contributed by atoms with Crippen LogP contribution in [0.4, 0.5) is 0 Å². The molecule has 0 aromatic carbocycles. The third kappa shape index (κ3) is 2.19. The predicted molar refractivity (Wildman–Crippen MR) is 50.3 cm³/mol. The lowest BCUT2D eigenvalue weighted by Crippen LogP contribution is -2.60. The minimum absolute atomic E-state index is 0.0624. The van der Waals surface area contributed by atoms with Gasteiger partial charge in [-0.05, 0) is 26.2 Å². The van der Waals surface area contributed by atoms with E-state index in [1.165, 1.54) is 7.11 Å².